The number of carboxylic acids is 1. The molecule has 4 nitrogen and oxygen atoms in total. The lowest BCUT2D eigenvalue weighted by Crippen LogP contribution is -2.55. The summed E-state index contributed by atoms with van der Waals surface area (Å²) in [6, 6.07) is -0.0199. The van der Waals surface area contributed by atoms with Gasteiger partial charge in [-0.05, 0) is 20.9 Å². The summed E-state index contributed by atoms with van der Waals surface area (Å²) in [6.07, 6.45) is 0. The molecule has 0 bridgehead atoms. The topological polar surface area (TPSA) is 43.8 Å². The monoisotopic (exact) mass is 186 g/mol. The van der Waals surface area contributed by atoms with Crippen LogP contribution in [0.5, 0.6) is 0 Å². The second kappa shape index (κ2) is 4.07. The van der Waals surface area contributed by atoms with Gasteiger partial charge in [-0.25, -0.2) is 0 Å². The van der Waals surface area contributed by atoms with E-state index in [1.807, 2.05) is 4.90 Å². The number of carboxylic acid groups (broad SMARTS) is 1. The molecule has 1 aliphatic heterocycles. The van der Waals surface area contributed by atoms with E-state index in [9.17, 15) is 4.79 Å². The normalized spacial score (nSPS) is 28.7. The molecule has 13 heavy (non-hydrogen) atoms. The van der Waals surface area contributed by atoms with Crippen LogP contribution in [0.2, 0.25) is 0 Å². The highest BCUT2D eigenvalue weighted by Crippen LogP contribution is 2.11. The standard InChI is InChI=1S/C9H18N2O2/c1-7-6-10(3)4-5-11(7)8(2)9(12)13/h7-8H,4-6H2,1-3H3,(H,12,13)/t7-,8?/m0/s1. The molecule has 4 heteroatoms. The van der Waals surface area contributed by atoms with E-state index < -0.39 is 5.97 Å². The molecule has 0 aromatic carbocycles. The van der Waals surface area contributed by atoms with Crippen LogP contribution in [0.15, 0.2) is 0 Å². The van der Waals surface area contributed by atoms with Crippen molar-refractivity contribution in [2.75, 3.05) is 26.7 Å². The molecule has 0 radical (unpaired) electrons. The Hall–Kier alpha value is -0.610. The Bertz CT molecular complexity index is 196. The van der Waals surface area contributed by atoms with Gasteiger partial charge < -0.3 is 10.0 Å². The van der Waals surface area contributed by atoms with E-state index in [2.05, 4.69) is 18.9 Å². The van der Waals surface area contributed by atoms with Crippen molar-refractivity contribution in [1.82, 2.24) is 9.80 Å². The minimum atomic E-state index is -0.726. The van der Waals surface area contributed by atoms with Crippen molar-refractivity contribution in [3.8, 4) is 0 Å². The summed E-state index contributed by atoms with van der Waals surface area (Å²) in [5.74, 6) is -0.726. The average Bonchev–Trinajstić information content (AvgIpc) is 2.03. The third kappa shape index (κ3) is 2.42. The SMILES string of the molecule is CC(C(=O)O)N1CCN(C)C[C@@H]1C. The Morgan fingerprint density at radius 1 is 1.54 bits per heavy atom. The van der Waals surface area contributed by atoms with E-state index in [4.69, 9.17) is 5.11 Å². The Morgan fingerprint density at radius 3 is 2.62 bits per heavy atom. The fourth-order valence-corrected chi connectivity index (χ4v) is 1.87. The van der Waals surface area contributed by atoms with Crippen LogP contribution in [0, 0.1) is 0 Å². The minimum Gasteiger partial charge on any atom is -0.480 e. The van der Waals surface area contributed by atoms with Crippen molar-refractivity contribution in [1.29, 1.82) is 0 Å². The van der Waals surface area contributed by atoms with Gasteiger partial charge in [-0.15, -0.1) is 0 Å². The third-order valence-electron chi connectivity index (χ3n) is 2.74. The second-order valence-electron chi connectivity index (χ2n) is 3.86. The highest BCUT2D eigenvalue weighted by atomic mass is 16.4. The van der Waals surface area contributed by atoms with E-state index in [0.29, 0.717) is 6.04 Å². The first-order valence-electron chi connectivity index (χ1n) is 4.69. The molecule has 0 aromatic heterocycles. The largest absolute Gasteiger partial charge is 0.480 e. The van der Waals surface area contributed by atoms with Crippen LogP contribution >= 0.6 is 0 Å². The number of hydrogen-bond donors (Lipinski definition) is 1. The zero-order valence-electron chi connectivity index (χ0n) is 8.53. The Kier molecular flexibility index (Phi) is 3.27. The van der Waals surface area contributed by atoms with Gasteiger partial charge in [-0.1, -0.05) is 0 Å². The van der Waals surface area contributed by atoms with Crippen molar-refractivity contribution in [3.63, 3.8) is 0 Å². The fraction of sp³-hybridized carbons (Fsp3) is 0.889. The van der Waals surface area contributed by atoms with Gasteiger partial charge in [0, 0.05) is 25.7 Å². The number of rotatable bonds is 2. The number of hydrogen-bond acceptors (Lipinski definition) is 3. The maximum absolute atomic E-state index is 10.8. The van der Waals surface area contributed by atoms with Gasteiger partial charge in [0.05, 0.1) is 0 Å². The van der Waals surface area contributed by atoms with Crippen LogP contribution in [-0.4, -0.2) is 59.6 Å². The molecule has 1 fully saturated rings. The first-order valence-corrected chi connectivity index (χ1v) is 4.69. The zero-order valence-corrected chi connectivity index (χ0v) is 8.53. The maximum Gasteiger partial charge on any atom is 0.320 e. The van der Waals surface area contributed by atoms with Crippen LogP contribution < -0.4 is 0 Å². The minimum absolute atomic E-state index is 0.338. The molecule has 0 aromatic rings. The Labute approximate surface area is 79.1 Å². The van der Waals surface area contributed by atoms with Gasteiger partial charge in [-0.3, -0.25) is 9.69 Å². The maximum atomic E-state index is 10.8. The van der Waals surface area contributed by atoms with Gasteiger partial charge in [0.1, 0.15) is 6.04 Å². The molecule has 1 heterocycles. The smallest absolute Gasteiger partial charge is 0.320 e. The molecular weight excluding hydrogens is 168 g/mol. The lowest BCUT2D eigenvalue weighted by atomic mass is 10.1. The van der Waals surface area contributed by atoms with Crippen LogP contribution in [0.25, 0.3) is 0 Å². The fourth-order valence-electron chi connectivity index (χ4n) is 1.87. The van der Waals surface area contributed by atoms with Gasteiger partial charge in [-0.2, -0.15) is 0 Å². The van der Waals surface area contributed by atoms with Crippen molar-refractivity contribution >= 4 is 5.97 Å². The van der Waals surface area contributed by atoms with Gasteiger partial charge >= 0.3 is 5.97 Å². The van der Waals surface area contributed by atoms with Crippen molar-refractivity contribution < 1.29 is 9.90 Å². The molecule has 0 spiro atoms. The third-order valence-corrected chi connectivity index (χ3v) is 2.74. The highest BCUT2D eigenvalue weighted by Gasteiger charge is 2.28. The quantitative estimate of drug-likeness (QED) is 0.664. The molecule has 1 aliphatic rings. The summed E-state index contributed by atoms with van der Waals surface area (Å²) in [5, 5.41) is 8.86. The van der Waals surface area contributed by atoms with Crippen molar-refractivity contribution in [3.05, 3.63) is 0 Å². The first kappa shape index (κ1) is 10.5. The van der Waals surface area contributed by atoms with Crippen LogP contribution in [0.3, 0.4) is 0 Å². The van der Waals surface area contributed by atoms with Crippen molar-refractivity contribution in [2.45, 2.75) is 25.9 Å². The van der Waals surface area contributed by atoms with Crippen LogP contribution in [-0.2, 0) is 4.79 Å². The van der Waals surface area contributed by atoms with Gasteiger partial charge in [0.25, 0.3) is 0 Å². The molecule has 0 aliphatic carbocycles. The number of aliphatic carboxylic acids is 1. The number of likely N-dealkylation sites (N-methyl/N-ethyl adjacent to an activating group) is 1. The summed E-state index contributed by atoms with van der Waals surface area (Å²) >= 11 is 0. The van der Waals surface area contributed by atoms with Crippen LogP contribution in [0.1, 0.15) is 13.8 Å². The molecule has 1 rings (SSSR count). The van der Waals surface area contributed by atoms with E-state index in [0.717, 1.165) is 19.6 Å². The predicted octanol–water partition coefficient (Wildman–Crippen LogP) is 0.0954. The Morgan fingerprint density at radius 2 is 2.15 bits per heavy atom. The molecular formula is C9H18N2O2. The molecule has 0 saturated carbocycles. The number of piperazine rings is 1. The molecule has 76 valence electrons. The number of carbonyl (C=O) groups is 1. The molecule has 0 amide bonds. The molecule has 1 unspecified atom stereocenters. The number of nitrogens with zero attached hydrogens (tertiary/aromatic N) is 2. The summed E-state index contributed by atoms with van der Waals surface area (Å²) < 4.78 is 0. The molecule has 2 atom stereocenters. The van der Waals surface area contributed by atoms with E-state index in [1.165, 1.54) is 0 Å². The summed E-state index contributed by atoms with van der Waals surface area (Å²) in [6.45, 7) is 6.60. The molecule has 1 saturated heterocycles. The Balaban J connectivity index is 2.55. The van der Waals surface area contributed by atoms with Gasteiger partial charge in [0.2, 0.25) is 0 Å². The van der Waals surface area contributed by atoms with Crippen LogP contribution in [0.4, 0.5) is 0 Å². The summed E-state index contributed by atoms with van der Waals surface area (Å²) in [5.41, 5.74) is 0. The average molecular weight is 186 g/mol. The summed E-state index contributed by atoms with van der Waals surface area (Å²) in [7, 11) is 2.07. The zero-order chi connectivity index (χ0) is 10.0. The molecule has 1 N–H and O–H groups in total. The van der Waals surface area contributed by atoms with Gasteiger partial charge in [0.15, 0.2) is 0 Å². The first-order chi connectivity index (χ1) is 6.02. The predicted molar refractivity (Wildman–Crippen MR) is 50.8 cm³/mol. The second-order valence-corrected chi connectivity index (χ2v) is 3.86. The summed E-state index contributed by atoms with van der Waals surface area (Å²) in [4.78, 5) is 15.0. The lowest BCUT2D eigenvalue weighted by Gasteiger charge is -2.40. The van der Waals surface area contributed by atoms with E-state index in [-0.39, 0.29) is 6.04 Å². The van der Waals surface area contributed by atoms with Crippen molar-refractivity contribution in [2.24, 2.45) is 0 Å². The van der Waals surface area contributed by atoms with E-state index >= 15 is 0 Å². The lowest BCUT2D eigenvalue weighted by molar-refractivity contribution is -0.144. The highest BCUT2D eigenvalue weighted by molar-refractivity contribution is 5.72. The van der Waals surface area contributed by atoms with E-state index in [1.54, 1.807) is 6.92 Å².